The van der Waals surface area contributed by atoms with Gasteiger partial charge in [0.1, 0.15) is 0 Å². The summed E-state index contributed by atoms with van der Waals surface area (Å²) in [7, 11) is 0. The third-order valence-electron chi connectivity index (χ3n) is 13.5. The van der Waals surface area contributed by atoms with Gasteiger partial charge in [-0.3, -0.25) is 0 Å². The van der Waals surface area contributed by atoms with Crippen LogP contribution < -0.4 is 0 Å². The van der Waals surface area contributed by atoms with Gasteiger partial charge in [0.25, 0.3) is 0 Å². The molecule has 0 amide bonds. The molecule has 0 spiro atoms. The second-order valence-corrected chi connectivity index (χ2v) is 14.7. The fraction of sp³-hybridized carbons (Fsp3) is 0.933. The van der Waals surface area contributed by atoms with Gasteiger partial charge >= 0.3 is 0 Å². The largest absolute Gasteiger partial charge is 0.393 e. The van der Waals surface area contributed by atoms with Crippen molar-refractivity contribution in [3.8, 4) is 0 Å². The predicted octanol–water partition coefficient (Wildman–Crippen LogP) is 8.02. The molecule has 1 nitrogen and oxygen atoms in total. The zero-order valence-corrected chi connectivity index (χ0v) is 21.7. The van der Waals surface area contributed by atoms with Crippen LogP contribution in [0.15, 0.2) is 12.2 Å². The minimum Gasteiger partial charge on any atom is -0.393 e. The van der Waals surface area contributed by atoms with E-state index in [9.17, 15) is 5.11 Å². The minimum atomic E-state index is -0.118. The minimum absolute atomic E-state index is 0.0632. The molecule has 0 aromatic heterocycles. The Hall–Kier alpha value is -0.300. The summed E-state index contributed by atoms with van der Waals surface area (Å²) in [6, 6.07) is 0. The average Bonchev–Trinajstić information content (AvgIpc) is 3.04. The summed E-state index contributed by atoms with van der Waals surface area (Å²) in [5, 5.41) is 10.9. The van der Waals surface area contributed by atoms with Crippen LogP contribution in [0.1, 0.15) is 113 Å². The van der Waals surface area contributed by atoms with Crippen molar-refractivity contribution in [3.05, 3.63) is 12.2 Å². The summed E-state index contributed by atoms with van der Waals surface area (Å²) < 4.78 is 0. The van der Waals surface area contributed by atoms with Crippen LogP contribution in [-0.4, -0.2) is 11.2 Å². The summed E-state index contributed by atoms with van der Waals surface area (Å²) in [6.45, 7) is 22.3. The molecule has 0 unspecified atom stereocenters. The Labute approximate surface area is 192 Å². The van der Waals surface area contributed by atoms with Gasteiger partial charge in [-0.25, -0.2) is 0 Å². The second-order valence-electron chi connectivity index (χ2n) is 14.7. The van der Waals surface area contributed by atoms with Crippen molar-refractivity contribution in [2.45, 2.75) is 119 Å². The Kier molecular flexibility index (Phi) is 4.82. The molecule has 176 valence electrons. The molecule has 5 aliphatic rings. The smallest absolute Gasteiger partial charge is 0.0594 e. The van der Waals surface area contributed by atoms with E-state index in [1.165, 1.54) is 63.4 Å². The van der Waals surface area contributed by atoms with Crippen LogP contribution in [0.25, 0.3) is 0 Å². The highest BCUT2D eigenvalue weighted by Crippen LogP contribution is 2.77. The molecule has 0 heterocycles. The standard InChI is InChI=1S/C30H50O/c1-19(2)20-11-14-27(5)17-18-29(7)21(25(20)27)9-10-23-28(6)15-13-24(31)26(3,4)22(28)12-16-30(23,29)8/h20-25,31H,1,9-18H2,2-8H3/t20-,21-,22-,23+,24-,25-,27+,28+,29-,30+/m1/s1. The molecule has 0 bridgehead atoms. The zero-order chi connectivity index (χ0) is 22.6. The van der Waals surface area contributed by atoms with Gasteiger partial charge in [-0.2, -0.15) is 0 Å². The van der Waals surface area contributed by atoms with Crippen LogP contribution in [0.4, 0.5) is 0 Å². The number of rotatable bonds is 1. The van der Waals surface area contributed by atoms with Gasteiger partial charge in [0.15, 0.2) is 0 Å². The molecule has 0 aromatic rings. The summed E-state index contributed by atoms with van der Waals surface area (Å²) >= 11 is 0. The van der Waals surface area contributed by atoms with Gasteiger partial charge < -0.3 is 5.11 Å². The van der Waals surface area contributed by atoms with E-state index in [0.717, 1.165) is 30.1 Å². The first-order valence-corrected chi connectivity index (χ1v) is 13.6. The van der Waals surface area contributed by atoms with Crippen LogP contribution in [0.3, 0.4) is 0 Å². The fourth-order valence-electron chi connectivity index (χ4n) is 11.5. The summed E-state index contributed by atoms with van der Waals surface area (Å²) in [5.74, 6) is 3.98. The van der Waals surface area contributed by atoms with E-state index in [1.807, 2.05) is 0 Å². The lowest BCUT2D eigenvalue weighted by molar-refractivity contribution is -0.246. The van der Waals surface area contributed by atoms with Crippen LogP contribution in [-0.2, 0) is 0 Å². The van der Waals surface area contributed by atoms with Gasteiger partial charge in [0, 0.05) is 0 Å². The van der Waals surface area contributed by atoms with Gasteiger partial charge in [0.2, 0.25) is 0 Å². The van der Waals surface area contributed by atoms with Crippen LogP contribution in [0, 0.1) is 56.7 Å². The lowest BCUT2D eigenvalue weighted by Gasteiger charge is -2.73. The van der Waals surface area contributed by atoms with Gasteiger partial charge in [-0.15, -0.1) is 0 Å². The Morgan fingerprint density at radius 1 is 0.742 bits per heavy atom. The van der Waals surface area contributed by atoms with E-state index in [0.29, 0.717) is 27.6 Å². The highest BCUT2D eigenvalue weighted by molar-refractivity contribution is 5.21. The normalized spacial score (nSPS) is 57.9. The van der Waals surface area contributed by atoms with Gasteiger partial charge in [-0.05, 0) is 128 Å². The van der Waals surface area contributed by atoms with Crippen molar-refractivity contribution >= 4 is 0 Å². The molecule has 1 N–H and O–H groups in total. The first-order chi connectivity index (χ1) is 14.3. The third kappa shape index (κ3) is 2.65. The van der Waals surface area contributed by atoms with Crippen LogP contribution in [0.2, 0.25) is 0 Å². The molecular weight excluding hydrogens is 376 g/mol. The molecule has 5 fully saturated rings. The molecule has 10 atom stereocenters. The van der Waals surface area contributed by atoms with Crippen molar-refractivity contribution < 1.29 is 5.11 Å². The number of aliphatic hydroxyl groups excluding tert-OH is 1. The Bertz CT molecular complexity index is 766. The predicted molar refractivity (Wildman–Crippen MR) is 131 cm³/mol. The Morgan fingerprint density at radius 3 is 2.13 bits per heavy atom. The first-order valence-electron chi connectivity index (χ1n) is 13.6. The number of hydrogen-bond donors (Lipinski definition) is 1. The third-order valence-corrected chi connectivity index (χ3v) is 13.5. The van der Waals surface area contributed by atoms with Gasteiger partial charge in [-0.1, -0.05) is 53.7 Å². The lowest BCUT2D eigenvalue weighted by atomic mass is 9.32. The molecular formula is C30H50O. The summed E-state index contributed by atoms with van der Waals surface area (Å²) in [5.41, 5.74) is 3.38. The number of hydrogen-bond acceptors (Lipinski definition) is 1. The fourth-order valence-corrected chi connectivity index (χ4v) is 11.5. The molecule has 1 heteroatoms. The number of allylic oxidation sites excluding steroid dienone is 1. The van der Waals surface area contributed by atoms with E-state index in [2.05, 4.69) is 55.0 Å². The second kappa shape index (κ2) is 6.64. The Balaban J connectivity index is 1.54. The van der Waals surface area contributed by atoms with Crippen molar-refractivity contribution in [2.75, 3.05) is 0 Å². The number of fused-ring (bicyclic) bond motifs is 7. The van der Waals surface area contributed by atoms with Crippen molar-refractivity contribution in [1.29, 1.82) is 0 Å². The Morgan fingerprint density at radius 2 is 1.45 bits per heavy atom. The van der Waals surface area contributed by atoms with Crippen molar-refractivity contribution in [3.63, 3.8) is 0 Å². The summed E-state index contributed by atoms with van der Waals surface area (Å²) in [6.07, 6.45) is 13.4. The lowest BCUT2D eigenvalue weighted by Crippen LogP contribution is -2.66. The van der Waals surface area contributed by atoms with E-state index in [1.54, 1.807) is 0 Å². The van der Waals surface area contributed by atoms with E-state index in [-0.39, 0.29) is 11.5 Å². The quantitative estimate of drug-likeness (QED) is 0.421. The monoisotopic (exact) mass is 426 g/mol. The highest BCUT2D eigenvalue weighted by atomic mass is 16.3. The number of aliphatic hydroxyl groups is 1. The molecule has 5 saturated carbocycles. The van der Waals surface area contributed by atoms with Crippen LogP contribution in [0.5, 0.6) is 0 Å². The maximum atomic E-state index is 10.9. The topological polar surface area (TPSA) is 20.2 Å². The molecule has 0 aromatic carbocycles. The van der Waals surface area contributed by atoms with E-state index >= 15 is 0 Å². The van der Waals surface area contributed by atoms with E-state index < -0.39 is 0 Å². The maximum Gasteiger partial charge on any atom is 0.0594 e. The SMILES string of the molecule is C=C(C)[C@H]1CC[C@@]2(C)CC[C@]3(C)[C@H](CC[C@H]4[C@@]5(C)CC[C@@H](O)C(C)(C)[C@H]5CC[C@@]43C)[C@@H]12. The highest BCUT2D eigenvalue weighted by Gasteiger charge is 2.70. The molecule has 0 saturated heterocycles. The average molecular weight is 427 g/mol. The molecule has 31 heavy (non-hydrogen) atoms. The van der Waals surface area contributed by atoms with E-state index in [4.69, 9.17) is 0 Å². The van der Waals surface area contributed by atoms with Crippen LogP contribution >= 0.6 is 0 Å². The molecule has 5 rings (SSSR count). The molecule has 0 aliphatic heterocycles. The maximum absolute atomic E-state index is 10.9. The molecule has 5 aliphatic carbocycles. The van der Waals surface area contributed by atoms with Gasteiger partial charge in [0.05, 0.1) is 6.10 Å². The first kappa shape index (κ1) is 22.5. The van der Waals surface area contributed by atoms with Crippen molar-refractivity contribution in [2.24, 2.45) is 56.7 Å². The summed E-state index contributed by atoms with van der Waals surface area (Å²) in [4.78, 5) is 0. The zero-order valence-electron chi connectivity index (χ0n) is 21.7. The molecule has 0 radical (unpaired) electrons. The van der Waals surface area contributed by atoms with Crippen molar-refractivity contribution in [1.82, 2.24) is 0 Å².